The van der Waals surface area contributed by atoms with Crippen molar-refractivity contribution in [1.29, 1.82) is 0 Å². The van der Waals surface area contributed by atoms with Gasteiger partial charge in [-0.1, -0.05) is 41.9 Å². The molecular formula is C26H28ClFN2O2. The van der Waals surface area contributed by atoms with Gasteiger partial charge in [0.25, 0.3) is 0 Å². The number of benzene rings is 3. The molecule has 0 amide bonds. The second kappa shape index (κ2) is 10.3. The van der Waals surface area contributed by atoms with Crippen LogP contribution in [0.1, 0.15) is 29.3 Å². The molecule has 1 atom stereocenters. The Bertz CT molecular complexity index is 1040. The third kappa shape index (κ3) is 5.07. The molecule has 168 valence electrons. The minimum atomic E-state index is -0.223. The Hall–Kier alpha value is -2.60. The monoisotopic (exact) mass is 454 g/mol. The van der Waals surface area contributed by atoms with Crippen molar-refractivity contribution < 1.29 is 13.9 Å². The van der Waals surface area contributed by atoms with Gasteiger partial charge in [0, 0.05) is 36.8 Å². The quantitative estimate of drug-likeness (QED) is 0.443. The molecule has 3 aromatic rings. The van der Waals surface area contributed by atoms with Crippen molar-refractivity contribution in [2.24, 2.45) is 0 Å². The molecule has 1 fully saturated rings. The molecular weight excluding hydrogens is 427 g/mol. The summed E-state index contributed by atoms with van der Waals surface area (Å²) in [7, 11) is 3.36. The van der Waals surface area contributed by atoms with Gasteiger partial charge in [0.2, 0.25) is 0 Å². The number of ether oxygens (including phenoxy) is 2. The summed E-state index contributed by atoms with van der Waals surface area (Å²) in [5, 5.41) is 0.763. The third-order valence-corrected chi connectivity index (χ3v) is 6.30. The van der Waals surface area contributed by atoms with Gasteiger partial charge in [-0.2, -0.15) is 0 Å². The van der Waals surface area contributed by atoms with Crippen LogP contribution in [0.4, 0.5) is 4.39 Å². The highest BCUT2D eigenvalue weighted by Crippen LogP contribution is 2.39. The zero-order valence-corrected chi connectivity index (χ0v) is 19.2. The van der Waals surface area contributed by atoms with Gasteiger partial charge in [-0.3, -0.25) is 9.80 Å². The maximum absolute atomic E-state index is 13.5. The number of hydrogen-bond acceptors (Lipinski definition) is 4. The summed E-state index contributed by atoms with van der Waals surface area (Å²) >= 11 is 6.50. The van der Waals surface area contributed by atoms with Crippen molar-refractivity contribution in [2.45, 2.75) is 25.7 Å². The molecule has 1 saturated heterocycles. The molecule has 4 rings (SSSR count). The van der Waals surface area contributed by atoms with E-state index in [0.717, 1.165) is 52.7 Å². The lowest BCUT2D eigenvalue weighted by atomic mass is 10.0. The predicted molar refractivity (Wildman–Crippen MR) is 126 cm³/mol. The summed E-state index contributed by atoms with van der Waals surface area (Å²) in [5.41, 5.74) is 3.20. The van der Waals surface area contributed by atoms with Crippen molar-refractivity contribution in [3.63, 3.8) is 0 Å². The van der Waals surface area contributed by atoms with E-state index in [9.17, 15) is 4.39 Å². The first-order valence-electron chi connectivity index (χ1n) is 10.8. The van der Waals surface area contributed by atoms with E-state index in [1.165, 1.54) is 12.1 Å². The van der Waals surface area contributed by atoms with Crippen LogP contribution in [0.25, 0.3) is 0 Å². The summed E-state index contributed by atoms with van der Waals surface area (Å²) in [5.74, 6) is 1.37. The van der Waals surface area contributed by atoms with Crippen LogP contribution in [0.3, 0.4) is 0 Å². The van der Waals surface area contributed by atoms with Gasteiger partial charge >= 0.3 is 0 Å². The smallest absolute Gasteiger partial charge is 0.125 e. The molecule has 0 aromatic heterocycles. The molecule has 1 heterocycles. The molecule has 0 N–H and O–H groups in total. The molecule has 1 aliphatic rings. The molecule has 0 aliphatic carbocycles. The molecule has 0 saturated carbocycles. The average molecular weight is 455 g/mol. The molecule has 32 heavy (non-hydrogen) atoms. The standard InChI is InChI=1S/C26H28ClFN2O2/c1-31-22-12-13-25(32-2)23(16-22)26-29(17-19-8-10-21(28)11-9-19)14-5-15-30(26)18-20-6-3-4-7-24(20)27/h3-4,6-13,16,26H,5,14-15,17-18H2,1-2H3. The summed E-state index contributed by atoms with van der Waals surface area (Å²) < 4.78 is 24.7. The van der Waals surface area contributed by atoms with E-state index in [2.05, 4.69) is 15.9 Å². The number of methoxy groups -OCH3 is 2. The summed E-state index contributed by atoms with van der Waals surface area (Å²) in [6, 6.07) is 20.6. The fourth-order valence-electron chi connectivity index (χ4n) is 4.39. The molecule has 0 bridgehead atoms. The first-order chi connectivity index (χ1) is 15.6. The van der Waals surface area contributed by atoms with E-state index < -0.39 is 0 Å². The molecule has 6 heteroatoms. The van der Waals surface area contributed by atoms with Gasteiger partial charge in [-0.25, -0.2) is 4.39 Å². The lowest BCUT2D eigenvalue weighted by Crippen LogP contribution is -2.47. The first kappa shape index (κ1) is 22.6. The number of halogens is 2. The maximum atomic E-state index is 13.5. The molecule has 0 radical (unpaired) electrons. The minimum Gasteiger partial charge on any atom is -0.497 e. The van der Waals surface area contributed by atoms with E-state index in [4.69, 9.17) is 21.1 Å². The first-order valence-corrected chi connectivity index (χ1v) is 11.1. The Balaban J connectivity index is 1.73. The van der Waals surface area contributed by atoms with Crippen molar-refractivity contribution in [3.8, 4) is 11.5 Å². The largest absolute Gasteiger partial charge is 0.497 e. The Labute approximate surface area is 194 Å². The van der Waals surface area contributed by atoms with Gasteiger partial charge in [0.1, 0.15) is 17.3 Å². The van der Waals surface area contributed by atoms with Crippen LogP contribution in [-0.2, 0) is 13.1 Å². The van der Waals surface area contributed by atoms with Crippen LogP contribution in [-0.4, -0.2) is 37.1 Å². The Morgan fingerprint density at radius 1 is 0.906 bits per heavy atom. The van der Waals surface area contributed by atoms with Gasteiger partial charge < -0.3 is 9.47 Å². The van der Waals surface area contributed by atoms with Crippen LogP contribution >= 0.6 is 11.6 Å². The number of hydrogen-bond donors (Lipinski definition) is 0. The van der Waals surface area contributed by atoms with Gasteiger partial charge in [0.05, 0.1) is 20.4 Å². The number of nitrogens with zero attached hydrogens (tertiary/aromatic N) is 2. The van der Waals surface area contributed by atoms with E-state index in [1.54, 1.807) is 14.2 Å². The summed E-state index contributed by atoms with van der Waals surface area (Å²) in [6.45, 7) is 3.26. The normalized spacial score (nSPS) is 17.3. The second-order valence-corrected chi connectivity index (χ2v) is 8.40. The van der Waals surface area contributed by atoms with Crippen molar-refractivity contribution in [2.75, 3.05) is 27.3 Å². The summed E-state index contributed by atoms with van der Waals surface area (Å²) in [4.78, 5) is 4.83. The lowest BCUT2D eigenvalue weighted by Gasteiger charge is -2.45. The van der Waals surface area contributed by atoms with E-state index >= 15 is 0 Å². The zero-order valence-electron chi connectivity index (χ0n) is 18.4. The molecule has 0 spiro atoms. The molecule has 3 aromatic carbocycles. The van der Waals surface area contributed by atoms with Crippen molar-refractivity contribution in [3.05, 3.63) is 94.3 Å². The van der Waals surface area contributed by atoms with Gasteiger partial charge in [-0.15, -0.1) is 0 Å². The van der Waals surface area contributed by atoms with E-state index in [1.807, 2.05) is 48.5 Å². The Morgan fingerprint density at radius 2 is 1.62 bits per heavy atom. The van der Waals surface area contributed by atoms with Crippen molar-refractivity contribution in [1.82, 2.24) is 9.80 Å². The van der Waals surface area contributed by atoms with Crippen LogP contribution < -0.4 is 9.47 Å². The fraction of sp³-hybridized carbons (Fsp3) is 0.308. The van der Waals surface area contributed by atoms with Gasteiger partial charge in [0.15, 0.2) is 0 Å². The van der Waals surface area contributed by atoms with Crippen LogP contribution in [0.15, 0.2) is 66.7 Å². The Kier molecular flexibility index (Phi) is 7.30. The summed E-state index contributed by atoms with van der Waals surface area (Å²) in [6.07, 6.45) is 0.976. The van der Waals surface area contributed by atoms with Crippen LogP contribution in [0, 0.1) is 5.82 Å². The Morgan fingerprint density at radius 3 is 2.31 bits per heavy atom. The lowest BCUT2D eigenvalue weighted by molar-refractivity contribution is -0.0104. The van der Waals surface area contributed by atoms with Crippen LogP contribution in [0.5, 0.6) is 11.5 Å². The van der Waals surface area contributed by atoms with E-state index in [0.29, 0.717) is 13.1 Å². The predicted octanol–water partition coefficient (Wildman–Crippen LogP) is 5.90. The van der Waals surface area contributed by atoms with Crippen molar-refractivity contribution >= 4 is 11.6 Å². The maximum Gasteiger partial charge on any atom is 0.125 e. The van der Waals surface area contributed by atoms with Crippen LogP contribution in [0.2, 0.25) is 5.02 Å². The molecule has 1 unspecified atom stereocenters. The topological polar surface area (TPSA) is 24.9 Å². The minimum absolute atomic E-state index is 0.0462. The average Bonchev–Trinajstić information content (AvgIpc) is 2.82. The molecule has 1 aliphatic heterocycles. The number of rotatable bonds is 7. The highest BCUT2D eigenvalue weighted by molar-refractivity contribution is 6.31. The fourth-order valence-corrected chi connectivity index (χ4v) is 4.58. The highest BCUT2D eigenvalue weighted by atomic mass is 35.5. The second-order valence-electron chi connectivity index (χ2n) is 7.99. The molecule has 4 nitrogen and oxygen atoms in total. The highest BCUT2D eigenvalue weighted by Gasteiger charge is 2.33. The third-order valence-electron chi connectivity index (χ3n) is 5.93. The van der Waals surface area contributed by atoms with E-state index in [-0.39, 0.29) is 12.0 Å². The SMILES string of the molecule is COc1ccc(OC)c(C2N(Cc3ccc(F)cc3)CCCN2Cc2ccccc2Cl)c1. The zero-order chi connectivity index (χ0) is 22.5. The van der Waals surface area contributed by atoms with Gasteiger partial charge in [-0.05, 0) is 53.9 Å².